The highest BCUT2D eigenvalue weighted by molar-refractivity contribution is 5.74. The molecule has 0 radical (unpaired) electrons. The van der Waals surface area contributed by atoms with Gasteiger partial charge >= 0.3 is 12.1 Å². The van der Waals surface area contributed by atoms with Crippen LogP contribution in [0.25, 0.3) is 34.3 Å². The quantitative estimate of drug-likeness (QED) is 0.320. The van der Waals surface area contributed by atoms with Crippen LogP contribution in [0.2, 0.25) is 0 Å². The van der Waals surface area contributed by atoms with Gasteiger partial charge in [0.2, 0.25) is 11.6 Å². The van der Waals surface area contributed by atoms with Crippen molar-refractivity contribution in [2.45, 2.75) is 32.0 Å². The van der Waals surface area contributed by atoms with Crippen LogP contribution in [0.15, 0.2) is 63.6 Å². The number of carboxylic acids is 1. The van der Waals surface area contributed by atoms with E-state index in [-0.39, 0.29) is 23.6 Å². The minimum absolute atomic E-state index is 0.0325. The van der Waals surface area contributed by atoms with E-state index < -0.39 is 40.9 Å². The third-order valence-corrected chi connectivity index (χ3v) is 6.92. The molecule has 1 aliphatic heterocycles. The van der Waals surface area contributed by atoms with E-state index in [1.54, 1.807) is 49.4 Å². The number of hydrogen-bond acceptors (Lipinski definition) is 8. The number of piperidine rings is 1. The molecule has 2 atom stereocenters. The van der Waals surface area contributed by atoms with Crippen LogP contribution in [0.4, 0.5) is 13.2 Å². The second-order valence-electron chi connectivity index (χ2n) is 9.86. The molecular formula is C27H25F3N4O5. The molecule has 5 rings (SSSR count). The van der Waals surface area contributed by atoms with Crippen molar-refractivity contribution in [2.24, 2.45) is 5.41 Å². The number of hydrogen-bond donors (Lipinski definition) is 2. The lowest BCUT2D eigenvalue weighted by Crippen LogP contribution is -2.47. The van der Waals surface area contributed by atoms with E-state index in [0.717, 1.165) is 6.42 Å². The zero-order chi connectivity index (χ0) is 27.8. The number of aliphatic hydroxyl groups is 1. The second-order valence-corrected chi connectivity index (χ2v) is 9.86. The lowest BCUT2D eigenvalue weighted by Gasteiger charge is -2.38. The molecule has 0 amide bonds. The first-order valence-corrected chi connectivity index (χ1v) is 12.3. The Balaban J connectivity index is 1.34. The van der Waals surface area contributed by atoms with Crippen molar-refractivity contribution in [3.8, 4) is 34.3 Å². The Labute approximate surface area is 220 Å². The van der Waals surface area contributed by atoms with Crippen molar-refractivity contribution in [3.63, 3.8) is 0 Å². The molecule has 2 aromatic carbocycles. The van der Waals surface area contributed by atoms with Crippen molar-refractivity contribution in [1.29, 1.82) is 0 Å². The Bertz CT molecular complexity index is 1450. The summed E-state index contributed by atoms with van der Waals surface area (Å²) in [4.78, 5) is 17.6. The van der Waals surface area contributed by atoms with Crippen LogP contribution in [0.5, 0.6) is 0 Å². The maximum atomic E-state index is 14.0. The number of nitrogens with zero attached hydrogens (tertiary/aromatic N) is 4. The second kappa shape index (κ2) is 10.3. The maximum Gasteiger partial charge on any atom is 0.422 e. The van der Waals surface area contributed by atoms with Gasteiger partial charge in [-0.25, -0.2) is 0 Å². The summed E-state index contributed by atoms with van der Waals surface area (Å²) >= 11 is 0. The van der Waals surface area contributed by atoms with E-state index in [0.29, 0.717) is 30.6 Å². The molecule has 0 bridgehead atoms. The number of rotatable bonds is 7. The van der Waals surface area contributed by atoms with Crippen LogP contribution < -0.4 is 0 Å². The van der Waals surface area contributed by atoms with Gasteiger partial charge in [-0.1, -0.05) is 64.9 Å². The third-order valence-electron chi connectivity index (χ3n) is 6.92. The average molecular weight is 543 g/mol. The number of β-amino-alcohol motifs (C(OH)–C–C–N with tert-alkyl or cyclic N) is 1. The number of alkyl halides is 3. The number of carbonyl (C=O) groups is 1. The molecule has 4 aromatic rings. The van der Waals surface area contributed by atoms with Crippen LogP contribution in [0.3, 0.4) is 0 Å². The van der Waals surface area contributed by atoms with Gasteiger partial charge in [0.25, 0.3) is 5.89 Å². The van der Waals surface area contributed by atoms with Crippen LogP contribution >= 0.6 is 0 Å². The molecule has 1 saturated heterocycles. The Morgan fingerprint density at radius 2 is 1.79 bits per heavy atom. The van der Waals surface area contributed by atoms with Crippen molar-refractivity contribution in [3.05, 3.63) is 65.7 Å². The summed E-state index contributed by atoms with van der Waals surface area (Å²) in [6.45, 7) is 3.01. The predicted molar refractivity (Wildman–Crippen MR) is 132 cm³/mol. The zero-order valence-corrected chi connectivity index (χ0v) is 20.9. The average Bonchev–Trinajstić information content (AvgIpc) is 3.57. The molecule has 12 heteroatoms. The van der Waals surface area contributed by atoms with Crippen LogP contribution in [-0.4, -0.2) is 56.0 Å². The summed E-state index contributed by atoms with van der Waals surface area (Å²) in [5, 5.41) is 27.7. The molecule has 39 heavy (non-hydrogen) atoms. The fraction of sp³-hybridized carbons (Fsp3) is 0.333. The first-order valence-electron chi connectivity index (χ1n) is 12.3. The molecule has 2 N–H and O–H groups in total. The van der Waals surface area contributed by atoms with Gasteiger partial charge in [0, 0.05) is 24.2 Å². The normalized spacial score (nSPS) is 19.2. The van der Waals surface area contributed by atoms with Crippen molar-refractivity contribution in [1.82, 2.24) is 20.2 Å². The molecular weight excluding hydrogens is 517 g/mol. The summed E-state index contributed by atoms with van der Waals surface area (Å²) in [5.74, 6) is -1.97. The van der Waals surface area contributed by atoms with Crippen molar-refractivity contribution < 1.29 is 37.2 Å². The number of likely N-dealkylation sites (tertiary alicyclic amines) is 1. The lowest BCUT2D eigenvalue weighted by molar-refractivity contribution is -0.151. The number of benzene rings is 2. The summed E-state index contributed by atoms with van der Waals surface area (Å²) in [7, 11) is 0. The molecule has 0 aliphatic carbocycles. The molecule has 1 fully saturated rings. The summed E-state index contributed by atoms with van der Waals surface area (Å²) in [6, 6.07) is 14.4. The predicted octanol–water partition coefficient (Wildman–Crippen LogP) is 5.30. The highest BCUT2D eigenvalue weighted by Crippen LogP contribution is 2.43. The van der Waals surface area contributed by atoms with Gasteiger partial charge in [0.05, 0.1) is 11.5 Å². The molecule has 2 aromatic heterocycles. The molecule has 2 unspecified atom stereocenters. The minimum atomic E-state index is -4.79. The lowest BCUT2D eigenvalue weighted by atomic mass is 9.82. The first kappa shape index (κ1) is 26.6. The topological polar surface area (TPSA) is 126 Å². The number of carboxylic acid groups (broad SMARTS) is 1. The summed E-state index contributed by atoms with van der Waals surface area (Å²) in [5.41, 5.74) is -1.07. The number of aliphatic carboxylic acids is 1. The van der Waals surface area contributed by atoms with Crippen LogP contribution in [0.1, 0.15) is 37.0 Å². The van der Waals surface area contributed by atoms with Gasteiger partial charge in [0.15, 0.2) is 0 Å². The van der Waals surface area contributed by atoms with E-state index in [4.69, 9.17) is 9.05 Å². The van der Waals surface area contributed by atoms with Crippen molar-refractivity contribution >= 4 is 5.97 Å². The van der Waals surface area contributed by atoms with Gasteiger partial charge < -0.3 is 19.3 Å². The van der Waals surface area contributed by atoms with Crippen molar-refractivity contribution in [2.75, 3.05) is 19.6 Å². The van der Waals surface area contributed by atoms with Gasteiger partial charge in [0.1, 0.15) is 11.3 Å². The molecule has 3 heterocycles. The number of aliphatic hydroxyl groups excluding tert-OH is 1. The maximum absolute atomic E-state index is 14.0. The molecule has 0 spiro atoms. The molecule has 9 nitrogen and oxygen atoms in total. The van der Waals surface area contributed by atoms with E-state index in [1.165, 1.54) is 12.1 Å². The van der Waals surface area contributed by atoms with Crippen LogP contribution in [-0.2, 0) is 11.0 Å². The fourth-order valence-electron chi connectivity index (χ4n) is 4.80. The van der Waals surface area contributed by atoms with E-state index in [9.17, 15) is 28.2 Å². The standard InChI is InChI=1S/C27H25F3N4O5/c1-26(25(36)37)12-5-13-34(15-26)14-19(35)16-8-10-18(11-9-16)23-31-24(39-33-23)22-20(27(28,29)30)21(32-38-22)17-6-3-2-4-7-17/h2-4,6-11,19,35H,5,12-15H2,1H3,(H,36,37). The Morgan fingerprint density at radius 3 is 2.46 bits per heavy atom. The third kappa shape index (κ3) is 5.43. The fourth-order valence-corrected chi connectivity index (χ4v) is 4.80. The molecule has 1 aliphatic rings. The Morgan fingerprint density at radius 1 is 1.08 bits per heavy atom. The number of aromatic nitrogens is 3. The zero-order valence-electron chi connectivity index (χ0n) is 20.9. The SMILES string of the molecule is CC1(C(=O)O)CCCN(CC(O)c2ccc(-c3noc(-c4onc(-c5ccccc5)c4C(F)(F)F)n3)cc2)C1. The number of halogens is 3. The molecule has 204 valence electrons. The smallest absolute Gasteiger partial charge is 0.422 e. The Hall–Kier alpha value is -4.03. The monoisotopic (exact) mass is 542 g/mol. The van der Waals surface area contributed by atoms with Crippen LogP contribution in [0, 0.1) is 5.41 Å². The van der Waals surface area contributed by atoms with Gasteiger partial charge in [-0.15, -0.1) is 0 Å². The highest BCUT2D eigenvalue weighted by atomic mass is 19.4. The van der Waals surface area contributed by atoms with E-state index in [2.05, 4.69) is 15.3 Å². The summed E-state index contributed by atoms with van der Waals surface area (Å²) < 4.78 is 52.0. The van der Waals surface area contributed by atoms with Gasteiger partial charge in [-0.2, -0.15) is 18.2 Å². The summed E-state index contributed by atoms with van der Waals surface area (Å²) in [6.07, 6.45) is -4.34. The highest BCUT2D eigenvalue weighted by Gasteiger charge is 2.43. The van der Waals surface area contributed by atoms with Gasteiger partial charge in [-0.05, 0) is 31.9 Å². The van der Waals surface area contributed by atoms with E-state index >= 15 is 0 Å². The van der Waals surface area contributed by atoms with E-state index in [1.807, 2.05) is 4.90 Å². The Kier molecular flexibility index (Phi) is 7.00. The minimum Gasteiger partial charge on any atom is -0.481 e. The first-order chi connectivity index (χ1) is 18.5. The molecule has 0 saturated carbocycles. The van der Waals surface area contributed by atoms with Gasteiger partial charge in [-0.3, -0.25) is 9.69 Å². The largest absolute Gasteiger partial charge is 0.481 e.